The maximum absolute atomic E-state index is 13.2. The summed E-state index contributed by atoms with van der Waals surface area (Å²) in [6.45, 7) is 2.72. The Balaban J connectivity index is 1.62. The zero-order chi connectivity index (χ0) is 23.2. The first-order valence-electron chi connectivity index (χ1n) is 11.7. The first-order chi connectivity index (χ1) is 16.0. The maximum Gasteiger partial charge on any atom is 0.226 e. The van der Waals surface area contributed by atoms with E-state index < -0.39 is 5.41 Å². The molecule has 172 valence electrons. The molecule has 2 aromatic rings. The van der Waals surface area contributed by atoms with Crippen LogP contribution >= 0.6 is 23.2 Å². The summed E-state index contributed by atoms with van der Waals surface area (Å²) in [5.74, 6) is 0.191. The Kier molecular flexibility index (Phi) is 6.11. The van der Waals surface area contributed by atoms with E-state index in [0.29, 0.717) is 11.6 Å². The number of nitrogens with one attached hydrogen (secondary N) is 1. The lowest BCUT2D eigenvalue weighted by Gasteiger charge is -2.48. The van der Waals surface area contributed by atoms with Crippen molar-refractivity contribution in [2.45, 2.75) is 44.1 Å². The molecule has 33 heavy (non-hydrogen) atoms. The van der Waals surface area contributed by atoms with Gasteiger partial charge in [0.1, 0.15) is 0 Å². The van der Waals surface area contributed by atoms with E-state index >= 15 is 0 Å². The standard InChI is InChI=1S/C27H28Cl2N2O2/c1-2-27-12-11-20(19-10-7-17(14-21(19)29)22-4-3-13-30-22)24(16-5-8-18(28)9-6-16)25(27)23(15-32)31-26(27)33/h3-10,14,20,23-25,32H,2,11-13,15H2,1H3,(H,31,33)/t20-,23+,24+,25-,27+/m0/s1. The summed E-state index contributed by atoms with van der Waals surface area (Å²) in [6, 6.07) is 13.9. The van der Waals surface area contributed by atoms with E-state index in [4.69, 9.17) is 23.2 Å². The molecule has 5 rings (SSSR count). The van der Waals surface area contributed by atoms with Crippen LogP contribution < -0.4 is 5.32 Å². The Labute approximate surface area is 204 Å². The molecule has 0 bridgehead atoms. The van der Waals surface area contributed by atoms with Gasteiger partial charge >= 0.3 is 0 Å². The monoisotopic (exact) mass is 482 g/mol. The van der Waals surface area contributed by atoms with E-state index in [1.807, 2.05) is 30.4 Å². The molecule has 4 nitrogen and oxygen atoms in total. The van der Waals surface area contributed by atoms with Crippen molar-refractivity contribution < 1.29 is 9.90 Å². The maximum atomic E-state index is 13.2. The van der Waals surface area contributed by atoms with Crippen molar-refractivity contribution in [1.82, 2.24) is 5.32 Å². The molecular formula is C27H28Cl2N2O2. The number of aliphatic hydroxyl groups excluding tert-OH is 1. The average Bonchev–Trinajstić information content (AvgIpc) is 3.46. The van der Waals surface area contributed by atoms with Gasteiger partial charge in [-0.25, -0.2) is 0 Å². The third kappa shape index (κ3) is 3.73. The minimum absolute atomic E-state index is 0.0270. The molecule has 0 unspecified atom stereocenters. The number of carbonyl (C=O) groups is 1. The number of halogens is 2. The fourth-order valence-corrected chi connectivity index (χ4v) is 6.85. The van der Waals surface area contributed by atoms with E-state index in [1.165, 1.54) is 0 Å². The largest absolute Gasteiger partial charge is 0.394 e. The molecule has 2 aromatic carbocycles. The Hall–Kier alpha value is -2.14. The second-order valence-corrected chi connectivity index (χ2v) is 10.2. The number of carbonyl (C=O) groups excluding carboxylic acids is 1. The molecule has 2 N–H and O–H groups in total. The molecule has 0 aromatic heterocycles. The van der Waals surface area contributed by atoms with Crippen LogP contribution in [-0.4, -0.2) is 35.9 Å². The summed E-state index contributed by atoms with van der Waals surface area (Å²) < 4.78 is 0. The highest BCUT2D eigenvalue weighted by Crippen LogP contribution is 2.60. The van der Waals surface area contributed by atoms with Crippen LogP contribution in [0.1, 0.15) is 54.7 Å². The van der Waals surface area contributed by atoms with Crippen molar-refractivity contribution in [3.63, 3.8) is 0 Å². The van der Waals surface area contributed by atoms with Gasteiger partial charge in [0.05, 0.1) is 30.3 Å². The fraction of sp³-hybridized carbons (Fsp3) is 0.407. The van der Waals surface area contributed by atoms with Gasteiger partial charge in [-0.15, -0.1) is 0 Å². The van der Waals surface area contributed by atoms with Gasteiger partial charge in [0.2, 0.25) is 5.91 Å². The number of benzene rings is 2. The molecule has 6 heteroatoms. The van der Waals surface area contributed by atoms with Crippen LogP contribution in [0, 0.1) is 11.3 Å². The normalized spacial score (nSPS) is 30.8. The minimum Gasteiger partial charge on any atom is -0.394 e. The van der Waals surface area contributed by atoms with Crippen LogP contribution in [0.25, 0.3) is 0 Å². The van der Waals surface area contributed by atoms with Gasteiger partial charge in [0, 0.05) is 21.5 Å². The second-order valence-electron chi connectivity index (χ2n) is 9.39. The molecule has 2 heterocycles. The van der Waals surface area contributed by atoms with Crippen LogP contribution in [0.5, 0.6) is 0 Å². The van der Waals surface area contributed by atoms with Gasteiger partial charge in [0.15, 0.2) is 0 Å². The van der Waals surface area contributed by atoms with Crippen molar-refractivity contribution in [2.75, 3.05) is 13.2 Å². The Bertz CT molecular complexity index is 1130. The van der Waals surface area contributed by atoms with Gasteiger partial charge in [-0.3, -0.25) is 9.79 Å². The van der Waals surface area contributed by atoms with Crippen molar-refractivity contribution in [2.24, 2.45) is 16.3 Å². The highest BCUT2D eigenvalue weighted by atomic mass is 35.5. The molecular weight excluding hydrogens is 455 g/mol. The number of hydrogen-bond donors (Lipinski definition) is 2. The summed E-state index contributed by atoms with van der Waals surface area (Å²) in [4.78, 5) is 17.7. The van der Waals surface area contributed by atoms with Crippen molar-refractivity contribution in [3.8, 4) is 0 Å². The molecule has 1 aliphatic carbocycles. The number of amides is 1. The summed E-state index contributed by atoms with van der Waals surface area (Å²) in [6.07, 6.45) is 6.44. The molecule has 1 amide bonds. The molecule has 1 saturated heterocycles. The molecule has 3 aliphatic rings. The number of allylic oxidation sites excluding steroid dienone is 1. The smallest absolute Gasteiger partial charge is 0.226 e. The van der Waals surface area contributed by atoms with E-state index in [0.717, 1.165) is 46.7 Å². The third-order valence-electron chi connectivity index (χ3n) is 7.98. The Morgan fingerprint density at radius 3 is 2.61 bits per heavy atom. The number of aliphatic hydroxyl groups is 1. The van der Waals surface area contributed by atoms with Gasteiger partial charge in [-0.05, 0) is 66.5 Å². The van der Waals surface area contributed by atoms with E-state index in [-0.39, 0.29) is 36.3 Å². The van der Waals surface area contributed by atoms with Gasteiger partial charge in [0.25, 0.3) is 0 Å². The number of aliphatic imine (C=N–C) groups is 1. The van der Waals surface area contributed by atoms with Crippen molar-refractivity contribution in [3.05, 3.63) is 81.4 Å². The van der Waals surface area contributed by atoms with Gasteiger partial charge < -0.3 is 10.4 Å². The summed E-state index contributed by atoms with van der Waals surface area (Å²) in [7, 11) is 0. The molecule has 0 spiro atoms. The topological polar surface area (TPSA) is 61.7 Å². The van der Waals surface area contributed by atoms with Gasteiger partial charge in [-0.1, -0.05) is 60.5 Å². The Morgan fingerprint density at radius 2 is 1.97 bits per heavy atom. The van der Waals surface area contributed by atoms with Gasteiger partial charge in [-0.2, -0.15) is 0 Å². The average molecular weight is 483 g/mol. The zero-order valence-electron chi connectivity index (χ0n) is 18.6. The summed E-state index contributed by atoms with van der Waals surface area (Å²) in [5.41, 5.74) is 3.71. The summed E-state index contributed by atoms with van der Waals surface area (Å²) >= 11 is 13.1. The van der Waals surface area contributed by atoms with Crippen LogP contribution in [0.15, 0.2) is 59.6 Å². The molecule has 2 aliphatic heterocycles. The highest BCUT2D eigenvalue weighted by molar-refractivity contribution is 6.32. The Morgan fingerprint density at radius 1 is 1.18 bits per heavy atom. The second kappa shape index (κ2) is 8.90. The lowest BCUT2D eigenvalue weighted by atomic mass is 9.54. The van der Waals surface area contributed by atoms with E-state index in [1.54, 1.807) is 0 Å². The predicted molar refractivity (Wildman–Crippen MR) is 133 cm³/mol. The minimum atomic E-state index is -0.482. The molecule has 1 saturated carbocycles. The SMILES string of the molecule is CC[C@@]12CC[C@@H](c3ccc(C4=NCC=C4)cc3Cl)[C@@H](c3ccc(Cl)cc3)[C@@H]1[C@@H](CO)NC2=O. The van der Waals surface area contributed by atoms with Crippen molar-refractivity contribution >= 4 is 34.8 Å². The highest BCUT2D eigenvalue weighted by Gasteiger charge is 2.60. The quantitative estimate of drug-likeness (QED) is 0.589. The zero-order valence-corrected chi connectivity index (χ0v) is 20.1. The first-order valence-corrected chi connectivity index (χ1v) is 12.4. The molecule has 0 radical (unpaired) electrons. The first kappa shape index (κ1) is 22.6. The fourth-order valence-electron chi connectivity index (χ4n) is 6.40. The number of nitrogens with zero attached hydrogens (tertiary/aromatic N) is 1. The van der Waals surface area contributed by atoms with Crippen LogP contribution in [0.3, 0.4) is 0 Å². The van der Waals surface area contributed by atoms with Crippen LogP contribution in [-0.2, 0) is 4.79 Å². The number of hydrogen-bond acceptors (Lipinski definition) is 3. The summed E-state index contributed by atoms with van der Waals surface area (Å²) in [5, 5.41) is 14.7. The predicted octanol–water partition coefficient (Wildman–Crippen LogP) is 5.52. The molecule has 2 fully saturated rings. The van der Waals surface area contributed by atoms with Crippen LogP contribution in [0.2, 0.25) is 10.0 Å². The van der Waals surface area contributed by atoms with E-state index in [9.17, 15) is 9.90 Å². The lowest BCUT2D eigenvalue weighted by molar-refractivity contribution is -0.131. The molecule has 5 atom stereocenters. The number of rotatable bonds is 5. The van der Waals surface area contributed by atoms with E-state index in [2.05, 4.69) is 41.5 Å². The third-order valence-corrected chi connectivity index (χ3v) is 8.56. The lowest BCUT2D eigenvalue weighted by Crippen LogP contribution is -2.45. The van der Waals surface area contributed by atoms with Crippen molar-refractivity contribution in [1.29, 1.82) is 0 Å². The van der Waals surface area contributed by atoms with Crippen LogP contribution in [0.4, 0.5) is 0 Å². The number of fused-ring (bicyclic) bond motifs is 1.